The van der Waals surface area contributed by atoms with Crippen LogP contribution in [0.3, 0.4) is 0 Å². The van der Waals surface area contributed by atoms with Crippen LogP contribution in [-0.2, 0) is 0 Å². The third-order valence-electron chi connectivity index (χ3n) is 3.39. The monoisotopic (exact) mass is 343 g/mol. The number of anilines is 1. The van der Waals surface area contributed by atoms with Crippen molar-refractivity contribution in [3.05, 3.63) is 22.7 Å². The van der Waals surface area contributed by atoms with Gasteiger partial charge in [-0.15, -0.1) is 0 Å². The Labute approximate surface area is 144 Å². The highest BCUT2D eigenvalue weighted by Gasteiger charge is 2.15. The van der Waals surface area contributed by atoms with Gasteiger partial charge in [0.15, 0.2) is 0 Å². The van der Waals surface area contributed by atoms with Crippen molar-refractivity contribution in [2.45, 2.75) is 46.1 Å². The minimum atomic E-state index is -0.208. The lowest BCUT2D eigenvalue weighted by Crippen LogP contribution is -2.32. The molecular weight excluding hydrogens is 314 g/mol. The number of hydrogen-bond acceptors (Lipinski definition) is 4. The number of nitrogens with two attached hydrogens (primary N) is 1. The summed E-state index contributed by atoms with van der Waals surface area (Å²) in [6.45, 7) is 6.74. The summed E-state index contributed by atoms with van der Waals surface area (Å²) in [6.07, 6.45) is 3.07. The number of nitrogen functional groups attached to an aromatic ring is 1. The lowest BCUT2D eigenvalue weighted by atomic mass is 10.1. The van der Waals surface area contributed by atoms with Gasteiger partial charge in [0.2, 0.25) is 0 Å². The molecule has 0 saturated heterocycles. The zero-order chi connectivity index (χ0) is 17.8. The molecule has 0 heterocycles. The van der Waals surface area contributed by atoms with Gasteiger partial charge in [0.05, 0.1) is 23.4 Å². The van der Waals surface area contributed by atoms with E-state index in [4.69, 9.17) is 22.1 Å². The zero-order valence-corrected chi connectivity index (χ0v) is 15.6. The predicted octanol–water partition coefficient (Wildman–Crippen LogP) is 3.47. The summed E-state index contributed by atoms with van der Waals surface area (Å²) in [7, 11) is 3.43. The molecule has 0 aromatic heterocycles. The highest BCUT2D eigenvalue weighted by molar-refractivity contribution is 6.33. The van der Waals surface area contributed by atoms with Crippen LogP contribution in [0.15, 0.2) is 12.1 Å². The molecule has 1 rings (SSSR count). The smallest absolute Gasteiger partial charge is 0.255 e. The highest BCUT2D eigenvalue weighted by Crippen LogP contribution is 2.28. The van der Waals surface area contributed by atoms with Crippen LogP contribution in [0.5, 0.6) is 5.75 Å². The fourth-order valence-electron chi connectivity index (χ4n) is 2.15. The maximum Gasteiger partial charge on any atom is 0.255 e. The van der Waals surface area contributed by atoms with Crippen LogP contribution in [-0.4, -0.2) is 32.7 Å². The van der Waals surface area contributed by atoms with E-state index in [0.717, 1.165) is 19.3 Å². The van der Waals surface area contributed by atoms with Crippen molar-refractivity contribution in [2.75, 3.05) is 26.4 Å². The third kappa shape index (κ3) is 7.10. The number of carbonyl (C=O) groups excluding carboxylic acids is 1. The fraction of sp³-hybridized carbons (Fsp3) is 0.588. The SMILES string of the molecule is CC.CCCC(CCNC(=O)c1cc(Cl)c(N)cc1OC)NC. The van der Waals surface area contributed by atoms with Crippen molar-refractivity contribution in [3.8, 4) is 5.75 Å². The van der Waals surface area contributed by atoms with Gasteiger partial charge in [0.1, 0.15) is 5.75 Å². The molecule has 0 aliphatic carbocycles. The zero-order valence-electron chi connectivity index (χ0n) is 14.8. The quantitative estimate of drug-likeness (QED) is 0.632. The number of hydrogen-bond donors (Lipinski definition) is 3. The number of carbonyl (C=O) groups is 1. The molecule has 1 atom stereocenters. The van der Waals surface area contributed by atoms with Gasteiger partial charge in [-0.05, 0) is 26.0 Å². The first-order chi connectivity index (χ1) is 11.0. The highest BCUT2D eigenvalue weighted by atomic mass is 35.5. The van der Waals surface area contributed by atoms with Crippen LogP contribution < -0.4 is 21.1 Å². The van der Waals surface area contributed by atoms with Crippen LogP contribution >= 0.6 is 11.6 Å². The average Bonchev–Trinajstić information content (AvgIpc) is 2.57. The van der Waals surface area contributed by atoms with E-state index >= 15 is 0 Å². The molecular formula is C17H30ClN3O2. The minimum absolute atomic E-state index is 0.208. The van der Waals surface area contributed by atoms with Crippen LogP contribution in [0.2, 0.25) is 5.02 Å². The van der Waals surface area contributed by atoms with E-state index in [1.54, 1.807) is 6.07 Å². The summed E-state index contributed by atoms with van der Waals surface area (Å²) >= 11 is 5.96. The molecule has 23 heavy (non-hydrogen) atoms. The molecule has 5 nitrogen and oxygen atoms in total. The number of halogens is 1. The first-order valence-electron chi connectivity index (χ1n) is 8.11. The first-order valence-corrected chi connectivity index (χ1v) is 8.49. The van der Waals surface area contributed by atoms with Crippen molar-refractivity contribution >= 4 is 23.2 Å². The largest absolute Gasteiger partial charge is 0.496 e. The van der Waals surface area contributed by atoms with E-state index in [2.05, 4.69) is 17.6 Å². The number of ether oxygens (including phenoxy) is 1. The fourth-order valence-corrected chi connectivity index (χ4v) is 2.32. The van der Waals surface area contributed by atoms with E-state index in [9.17, 15) is 4.79 Å². The van der Waals surface area contributed by atoms with Gasteiger partial charge in [-0.2, -0.15) is 0 Å². The number of rotatable bonds is 8. The average molecular weight is 344 g/mol. The Morgan fingerprint density at radius 2 is 2.00 bits per heavy atom. The molecule has 0 spiro atoms. The third-order valence-corrected chi connectivity index (χ3v) is 3.71. The Morgan fingerprint density at radius 1 is 1.35 bits per heavy atom. The Balaban J connectivity index is 0.00000232. The van der Waals surface area contributed by atoms with E-state index in [0.29, 0.717) is 34.6 Å². The van der Waals surface area contributed by atoms with E-state index in [-0.39, 0.29) is 5.91 Å². The number of methoxy groups -OCH3 is 1. The van der Waals surface area contributed by atoms with Crippen molar-refractivity contribution in [1.82, 2.24) is 10.6 Å². The Morgan fingerprint density at radius 3 is 2.52 bits per heavy atom. The second-order valence-corrected chi connectivity index (χ2v) is 5.30. The van der Waals surface area contributed by atoms with E-state index in [1.807, 2.05) is 20.9 Å². The van der Waals surface area contributed by atoms with Crippen molar-refractivity contribution in [1.29, 1.82) is 0 Å². The second-order valence-electron chi connectivity index (χ2n) is 4.89. The molecule has 4 N–H and O–H groups in total. The van der Waals surface area contributed by atoms with Gasteiger partial charge < -0.3 is 21.1 Å². The molecule has 0 aliphatic heterocycles. The summed E-state index contributed by atoms with van der Waals surface area (Å²) in [5, 5.41) is 6.47. The molecule has 0 aliphatic rings. The van der Waals surface area contributed by atoms with Crippen LogP contribution in [0.4, 0.5) is 5.69 Å². The van der Waals surface area contributed by atoms with E-state index in [1.165, 1.54) is 13.2 Å². The van der Waals surface area contributed by atoms with Gasteiger partial charge in [0.25, 0.3) is 5.91 Å². The van der Waals surface area contributed by atoms with Crippen LogP contribution in [0.25, 0.3) is 0 Å². The van der Waals surface area contributed by atoms with Crippen LogP contribution in [0.1, 0.15) is 50.4 Å². The standard InChI is InChI=1S/C15H24ClN3O2.C2H6/c1-4-5-10(18-2)6-7-19-15(20)11-8-12(16)13(17)9-14(11)21-3;1-2/h8-10,18H,4-7,17H2,1-3H3,(H,19,20);1-2H3. The molecule has 0 fully saturated rings. The first kappa shape index (κ1) is 21.5. The van der Waals surface area contributed by atoms with Crippen molar-refractivity contribution < 1.29 is 9.53 Å². The van der Waals surface area contributed by atoms with Crippen molar-refractivity contribution in [2.24, 2.45) is 0 Å². The Bertz CT molecular complexity index is 481. The lowest BCUT2D eigenvalue weighted by Gasteiger charge is -2.16. The second kappa shape index (κ2) is 12.0. The van der Waals surface area contributed by atoms with E-state index < -0.39 is 0 Å². The topological polar surface area (TPSA) is 76.4 Å². The maximum atomic E-state index is 12.2. The summed E-state index contributed by atoms with van der Waals surface area (Å²) in [5.74, 6) is 0.216. The van der Waals surface area contributed by atoms with Crippen molar-refractivity contribution in [3.63, 3.8) is 0 Å². The lowest BCUT2D eigenvalue weighted by molar-refractivity contribution is 0.0949. The molecule has 132 valence electrons. The maximum absolute atomic E-state index is 12.2. The molecule has 0 saturated carbocycles. The molecule has 6 heteroatoms. The number of benzene rings is 1. The van der Waals surface area contributed by atoms with Gasteiger partial charge in [-0.3, -0.25) is 4.79 Å². The summed E-state index contributed by atoms with van der Waals surface area (Å²) < 4.78 is 5.18. The normalized spacial score (nSPS) is 11.2. The molecule has 0 radical (unpaired) electrons. The molecule has 1 aromatic rings. The number of nitrogens with one attached hydrogen (secondary N) is 2. The predicted molar refractivity (Wildman–Crippen MR) is 98.5 cm³/mol. The minimum Gasteiger partial charge on any atom is -0.496 e. The summed E-state index contributed by atoms with van der Waals surface area (Å²) in [6, 6.07) is 3.50. The van der Waals surface area contributed by atoms with Gasteiger partial charge in [0, 0.05) is 18.7 Å². The molecule has 1 aromatic carbocycles. The van der Waals surface area contributed by atoms with Gasteiger partial charge in [-0.1, -0.05) is 38.8 Å². The summed E-state index contributed by atoms with van der Waals surface area (Å²) in [4.78, 5) is 12.2. The number of amides is 1. The Hall–Kier alpha value is -1.46. The molecule has 1 unspecified atom stereocenters. The molecule has 1 amide bonds. The molecule has 0 bridgehead atoms. The summed E-state index contributed by atoms with van der Waals surface area (Å²) in [5.41, 5.74) is 6.49. The van der Waals surface area contributed by atoms with Gasteiger partial charge >= 0.3 is 0 Å². The van der Waals surface area contributed by atoms with Crippen LogP contribution in [0, 0.1) is 0 Å². The Kier molecular flexibility index (Phi) is 11.3. The van der Waals surface area contributed by atoms with Gasteiger partial charge in [-0.25, -0.2) is 0 Å².